The van der Waals surface area contributed by atoms with Crippen molar-refractivity contribution < 1.29 is 8.83 Å². The van der Waals surface area contributed by atoms with Crippen molar-refractivity contribution in [1.82, 2.24) is 9.97 Å². The van der Waals surface area contributed by atoms with E-state index in [0.29, 0.717) is 11.4 Å². The van der Waals surface area contributed by atoms with E-state index in [2.05, 4.69) is 146 Å². The van der Waals surface area contributed by atoms with Crippen LogP contribution < -0.4 is 4.90 Å². The fourth-order valence-corrected chi connectivity index (χ4v) is 9.39. The summed E-state index contributed by atoms with van der Waals surface area (Å²) in [6.07, 6.45) is 0. The van der Waals surface area contributed by atoms with Gasteiger partial charge in [-0.15, -0.1) is 0 Å². The molecule has 0 fully saturated rings. The van der Waals surface area contributed by atoms with E-state index in [-0.39, 0.29) is 5.41 Å². The molecule has 60 heavy (non-hydrogen) atoms. The number of benzene rings is 8. The summed E-state index contributed by atoms with van der Waals surface area (Å²) in [5.74, 6) is 0.643. The van der Waals surface area contributed by atoms with Gasteiger partial charge < -0.3 is 13.7 Å². The van der Waals surface area contributed by atoms with E-state index in [1.165, 1.54) is 22.3 Å². The lowest BCUT2D eigenvalue weighted by molar-refractivity contribution is 0.660. The number of aromatic nitrogens is 2. The standard InChI is InChI=1S/C55H37N3O2/c1-55(2)45-22-12-9-19-40(45)41-30-29-38(33-46(41)55)58(36-17-7-4-8-18-36)37-27-25-34(26-28-37)39-31-32-44(49-42-20-10-13-23-47(42)59-52(39)49)51-53-50(43-21-11-14-24-48(43)60-53)56-54(57-51)35-15-5-3-6-16-35/h3-33H,1-2H3. The lowest BCUT2D eigenvalue weighted by Crippen LogP contribution is -2.16. The van der Waals surface area contributed by atoms with Crippen LogP contribution in [0.3, 0.4) is 0 Å². The largest absolute Gasteiger partial charge is 0.455 e. The van der Waals surface area contributed by atoms with Gasteiger partial charge in [0.15, 0.2) is 11.4 Å². The Morgan fingerprint density at radius 3 is 1.82 bits per heavy atom. The van der Waals surface area contributed by atoms with E-state index in [9.17, 15) is 0 Å². The van der Waals surface area contributed by atoms with Crippen molar-refractivity contribution in [3.63, 3.8) is 0 Å². The van der Waals surface area contributed by atoms with Crippen LogP contribution in [0, 0.1) is 0 Å². The highest BCUT2D eigenvalue weighted by molar-refractivity contribution is 6.18. The normalized spacial score (nSPS) is 13.0. The minimum atomic E-state index is -0.108. The maximum absolute atomic E-state index is 6.81. The average Bonchev–Trinajstić information content (AvgIpc) is 3.95. The molecule has 0 aliphatic heterocycles. The van der Waals surface area contributed by atoms with Crippen molar-refractivity contribution in [2.75, 3.05) is 4.90 Å². The summed E-state index contributed by atoms with van der Waals surface area (Å²) >= 11 is 0. The van der Waals surface area contributed by atoms with Gasteiger partial charge in [0.25, 0.3) is 0 Å². The molecule has 3 aromatic heterocycles. The first-order valence-electron chi connectivity index (χ1n) is 20.4. The molecule has 12 rings (SSSR count). The van der Waals surface area contributed by atoms with Crippen molar-refractivity contribution in [3.8, 4) is 44.9 Å². The third-order valence-electron chi connectivity index (χ3n) is 12.3. The molecular weight excluding hydrogens is 735 g/mol. The zero-order chi connectivity index (χ0) is 40.0. The maximum atomic E-state index is 6.81. The number of furan rings is 2. The molecule has 0 N–H and O–H groups in total. The third-order valence-corrected chi connectivity index (χ3v) is 12.3. The van der Waals surface area contributed by atoms with Crippen LogP contribution in [0.2, 0.25) is 0 Å². The minimum absolute atomic E-state index is 0.108. The Morgan fingerprint density at radius 2 is 1.02 bits per heavy atom. The fraction of sp³-hybridized carbons (Fsp3) is 0.0545. The molecule has 0 amide bonds. The summed E-state index contributed by atoms with van der Waals surface area (Å²) in [6.45, 7) is 4.67. The summed E-state index contributed by atoms with van der Waals surface area (Å²) in [4.78, 5) is 12.7. The first kappa shape index (κ1) is 34.3. The van der Waals surface area contributed by atoms with Gasteiger partial charge in [0.1, 0.15) is 28.0 Å². The summed E-state index contributed by atoms with van der Waals surface area (Å²) < 4.78 is 13.4. The van der Waals surface area contributed by atoms with Crippen LogP contribution in [-0.4, -0.2) is 9.97 Å². The molecule has 0 atom stereocenters. The predicted octanol–water partition coefficient (Wildman–Crippen LogP) is 15.1. The van der Waals surface area contributed by atoms with Gasteiger partial charge in [0, 0.05) is 55.3 Å². The molecule has 284 valence electrons. The van der Waals surface area contributed by atoms with Gasteiger partial charge in [-0.25, -0.2) is 9.97 Å². The lowest BCUT2D eigenvalue weighted by Gasteiger charge is -2.28. The topological polar surface area (TPSA) is 55.3 Å². The molecule has 0 spiro atoms. The molecule has 0 unspecified atom stereocenters. The highest BCUT2D eigenvalue weighted by Gasteiger charge is 2.35. The highest BCUT2D eigenvalue weighted by atomic mass is 16.3. The maximum Gasteiger partial charge on any atom is 0.180 e. The van der Waals surface area contributed by atoms with Gasteiger partial charge >= 0.3 is 0 Å². The molecule has 3 heterocycles. The first-order valence-corrected chi connectivity index (χ1v) is 20.4. The second kappa shape index (κ2) is 13.1. The summed E-state index contributed by atoms with van der Waals surface area (Å²) in [6, 6.07) is 65.9. The van der Waals surface area contributed by atoms with Crippen LogP contribution in [0.5, 0.6) is 0 Å². The molecule has 5 heteroatoms. The molecule has 0 radical (unpaired) electrons. The Labute approximate surface area is 346 Å². The van der Waals surface area contributed by atoms with Crippen LogP contribution in [0.15, 0.2) is 197 Å². The van der Waals surface area contributed by atoms with Crippen molar-refractivity contribution >= 4 is 61.1 Å². The molecule has 5 nitrogen and oxygen atoms in total. The van der Waals surface area contributed by atoms with Crippen molar-refractivity contribution in [1.29, 1.82) is 0 Å². The predicted molar refractivity (Wildman–Crippen MR) is 245 cm³/mol. The molecule has 8 aromatic carbocycles. The van der Waals surface area contributed by atoms with Crippen molar-refractivity contribution in [2.24, 2.45) is 0 Å². The lowest BCUT2D eigenvalue weighted by atomic mass is 9.82. The van der Waals surface area contributed by atoms with Gasteiger partial charge in [-0.05, 0) is 88.5 Å². The van der Waals surface area contributed by atoms with E-state index >= 15 is 0 Å². The third kappa shape index (κ3) is 5.19. The van der Waals surface area contributed by atoms with Gasteiger partial charge in [0.05, 0.1) is 0 Å². The van der Waals surface area contributed by atoms with Gasteiger partial charge in [-0.3, -0.25) is 0 Å². The minimum Gasteiger partial charge on any atom is -0.455 e. The quantitative estimate of drug-likeness (QED) is 0.168. The number of para-hydroxylation sites is 3. The van der Waals surface area contributed by atoms with Crippen molar-refractivity contribution in [3.05, 3.63) is 199 Å². The fourth-order valence-electron chi connectivity index (χ4n) is 9.39. The molecule has 11 aromatic rings. The Hall–Kier alpha value is -7.76. The van der Waals surface area contributed by atoms with Crippen LogP contribution >= 0.6 is 0 Å². The van der Waals surface area contributed by atoms with Crippen LogP contribution in [0.25, 0.3) is 88.9 Å². The number of hydrogen-bond donors (Lipinski definition) is 0. The van der Waals surface area contributed by atoms with Crippen LogP contribution in [0.4, 0.5) is 17.1 Å². The summed E-state index contributed by atoms with van der Waals surface area (Å²) in [5.41, 5.74) is 17.0. The molecule has 0 bridgehead atoms. The van der Waals surface area contributed by atoms with Gasteiger partial charge in [-0.2, -0.15) is 0 Å². The Balaban J connectivity index is 1.01. The summed E-state index contributed by atoms with van der Waals surface area (Å²) in [7, 11) is 0. The number of rotatable bonds is 6. The zero-order valence-corrected chi connectivity index (χ0v) is 33.1. The SMILES string of the molecule is CC1(C)c2ccccc2-c2ccc(N(c3ccccc3)c3ccc(-c4ccc(-c5nc(-c6ccccc6)nc6c5oc5ccccc56)c5c4oc4ccccc45)cc3)cc21. The zero-order valence-electron chi connectivity index (χ0n) is 33.1. The molecule has 1 aliphatic carbocycles. The number of nitrogens with zero attached hydrogens (tertiary/aromatic N) is 3. The Morgan fingerprint density at radius 1 is 0.433 bits per heavy atom. The second-order valence-corrected chi connectivity index (χ2v) is 16.1. The monoisotopic (exact) mass is 771 g/mol. The van der Waals surface area contributed by atoms with E-state index in [1.54, 1.807) is 0 Å². The average molecular weight is 772 g/mol. The number of hydrogen-bond acceptors (Lipinski definition) is 5. The van der Waals surface area contributed by atoms with Gasteiger partial charge in [-0.1, -0.05) is 141 Å². The van der Waals surface area contributed by atoms with Crippen LogP contribution in [0.1, 0.15) is 25.0 Å². The number of fused-ring (bicyclic) bond motifs is 9. The van der Waals surface area contributed by atoms with E-state index in [1.807, 2.05) is 60.7 Å². The molecule has 1 aliphatic rings. The van der Waals surface area contributed by atoms with E-state index in [0.717, 1.165) is 83.4 Å². The van der Waals surface area contributed by atoms with Crippen LogP contribution in [-0.2, 0) is 5.41 Å². The number of anilines is 3. The molecule has 0 saturated heterocycles. The van der Waals surface area contributed by atoms with Crippen molar-refractivity contribution in [2.45, 2.75) is 19.3 Å². The molecular formula is C55H37N3O2. The smallest absolute Gasteiger partial charge is 0.180 e. The highest BCUT2D eigenvalue weighted by Crippen LogP contribution is 2.51. The Kier molecular flexibility index (Phi) is 7.51. The van der Waals surface area contributed by atoms with E-state index < -0.39 is 0 Å². The Bertz CT molecular complexity index is 3450. The molecule has 0 saturated carbocycles. The van der Waals surface area contributed by atoms with E-state index in [4.69, 9.17) is 18.8 Å². The second-order valence-electron chi connectivity index (χ2n) is 16.1. The first-order chi connectivity index (χ1) is 29.5. The summed E-state index contributed by atoms with van der Waals surface area (Å²) in [5, 5.41) is 2.96. The van der Waals surface area contributed by atoms with Gasteiger partial charge in [0.2, 0.25) is 0 Å².